The van der Waals surface area contributed by atoms with Crippen molar-refractivity contribution in [1.82, 2.24) is 20.5 Å². The number of hydrogen-bond donors (Lipinski definition) is 2. The van der Waals surface area contributed by atoms with Crippen LogP contribution in [-0.2, 0) is 11.3 Å². The Bertz CT molecular complexity index is 461. The first kappa shape index (κ1) is 18.9. The van der Waals surface area contributed by atoms with Crippen LogP contribution in [-0.4, -0.2) is 63.3 Å². The minimum absolute atomic E-state index is 0.769. The Morgan fingerprint density at radius 1 is 1.32 bits per heavy atom. The fourth-order valence-electron chi connectivity index (χ4n) is 2.04. The summed E-state index contributed by atoms with van der Waals surface area (Å²) < 4.78 is 5.07. The number of aromatic nitrogens is 1. The van der Waals surface area contributed by atoms with E-state index in [0.29, 0.717) is 0 Å². The summed E-state index contributed by atoms with van der Waals surface area (Å²) in [6.45, 7) is 8.54. The minimum atomic E-state index is 0.769. The van der Waals surface area contributed by atoms with Crippen LogP contribution < -0.4 is 10.6 Å². The molecule has 0 saturated heterocycles. The second-order valence-corrected chi connectivity index (χ2v) is 6.53. The third-order valence-electron chi connectivity index (χ3n) is 3.33. The molecule has 0 aliphatic carbocycles. The van der Waals surface area contributed by atoms with Crippen molar-refractivity contribution in [1.29, 1.82) is 0 Å². The Hall–Kier alpha value is -1.18. The van der Waals surface area contributed by atoms with Crippen molar-refractivity contribution in [3.05, 3.63) is 15.6 Å². The summed E-state index contributed by atoms with van der Waals surface area (Å²) in [5.41, 5.74) is 1.10. The predicted octanol–water partition coefficient (Wildman–Crippen LogP) is 1.39. The summed E-state index contributed by atoms with van der Waals surface area (Å²) >= 11 is 1.73. The molecule has 0 bridgehead atoms. The lowest BCUT2D eigenvalue weighted by Crippen LogP contribution is -2.38. The molecule has 0 fully saturated rings. The molecule has 0 aliphatic rings. The molecule has 1 aromatic rings. The van der Waals surface area contributed by atoms with Gasteiger partial charge in [-0.15, -0.1) is 11.3 Å². The van der Waals surface area contributed by atoms with Gasteiger partial charge < -0.3 is 20.3 Å². The van der Waals surface area contributed by atoms with Crippen molar-refractivity contribution in [2.45, 2.75) is 26.8 Å². The molecule has 126 valence electrons. The molecule has 0 amide bonds. The SMILES string of the molecule is CN=C(NCCCN(C)CCOC)NCc1sc(C)nc1C. The van der Waals surface area contributed by atoms with Crippen molar-refractivity contribution >= 4 is 17.3 Å². The van der Waals surface area contributed by atoms with Crippen molar-refractivity contribution < 1.29 is 4.74 Å². The van der Waals surface area contributed by atoms with Gasteiger partial charge in [-0.05, 0) is 33.9 Å². The molecule has 0 saturated carbocycles. The maximum absolute atomic E-state index is 5.07. The van der Waals surface area contributed by atoms with Gasteiger partial charge in [-0.25, -0.2) is 4.98 Å². The molecule has 0 radical (unpaired) electrons. The van der Waals surface area contributed by atoms with Gasteiger partial charge in [0.2, 0.25) is 0 Å². The van der Waals surface area contributed by atoms with Crippen LogP contribution in [0, 0.1) is 13.8 Å². The molecule has 1 heterocycles. The molecule has 0 atom stereocenters. The first-order valence-electron chi connectivity index (χ1n) is 7.61. The lowest BCUT2D eigenvalue weighted by atomic mass is 10.4. The Morgan fingerprint density at radius 2 is 2.09 bits per heavy atom. The Morgan fingerprint density at radius 3 is 2.68 bits per heavy atom. The lowest BCUT2D eigenvalue weighted by Gasteiger charge is -2.16. The molecule has 0 unspecified atom stereocenters. The van der Waals surface area contributed by atoms with Crippen LogP contribution in [0.2, 0.25) is 0 Å². The van der Waals surface area contributed by atoms with Crippen LogP contribution in [0.4, 0.5) is 0 Å². The van der Waals surface area contributed by atoms with Gasteiger partial charge in [0.1, 0.15) is 0 Å². The molecule has 0 spiro atoms. The van der Waals surface area contributed by atoms with Crippen LogP contribution in [0.5, 0.6) is 0 Å². The molecular weight excluding hydrogens is 298 g/mol. The number of hydrogen-bond acceptors (Lipinski definition) is 5. The number of nitrogens with zero attached hydrogens (tertiary/aromatic N) is 3. The molecular formula is C15H29N5OS. The van der Waals surface area contributed by atoms with Crippen LogP contribution in [0.25, 0.3) is 0 Å². The molecule has 22 heavy (non-hydrogen) atoms. The zero-order chi connectivity index (χ0) is 16.4. The average Bonchev–Trinajstić information content (AvgIpc) is 2.82. The van der Waals surface area contributed by atoms with Crippen LogP contribution in [0.15, 0.2) is 4.99 Å². The molecule has 1 aromatic heterocycles. The molecule has 6 nitrogen and oxygen atoms in total. The summed E-state index contributed by atoms with van der Waals surface area (Å²) in [4.78, 5) is 12.2. The third kappa shape index (κ3) is 7.20. The highest BCUT2D eigenvalue weighted by Crippen LogP contribution is 2.16. The average molecular weight is 327 g/mol. The van der Waals surface area contributed by atoms with Gasteiger partial charge in [0.15, 0.2) is 5.96 Å². The van der Waals surface area contributed by atoms with E-state index >= 15 is 0 Å². The zero-order valence-electron chi connectivity index (χ0n) is 14.4. The van der Waals surface area contributed by atoms with E-state index in [9.17, 15) is 0 Å². The number of likely N-dealkylation sites (N-methyl/N-ethyl adjacent to an activating group) is 1. The second kappa shape index (κ2) is 10.5. The number of aliphatic imine (C=N–C) groups is 1. The molecule has 0 aromatic carbocycles. The summed E-state index contributed by atoms with van der Waals surface area (Å²) in [7, 11) is 5.64. The summed E-state index contributed by atoms with van der Waals surface area (Å²) in [6, 6.07) is 0. The fraction of sp³-hybridized carbons (Fsp3) is 0.733. The highest BCUT2D eigenvalue weighted by atomic mass is 32.1. The van der Waals surface area contributed by atoms with E-state index in [4.69, 9.17) is 4.74 Å². The maximum atomic E-state index is 5.07. The third-order valence-corrected chi connectivity index (χ3v) is 4.40. The van der Waals surface area contributed by atoms with Gasteiger partial charge in [0.05, 0.1) is 23.9 Å². The van der Waals surface area contributed by atoms with Crippen molar-refractivity contribution in [3.63, 3.8) is 0 Å². The first-order valence-corrected chi connectivity index (χ1v) is 8.43. The maximum Gasteiger partial charge on any atom is 0.191 e. The van der Waals surface area contributed by atoms with Crippen LogP contribution in [0.3, 0.4) is 0 Å². The van der Waals surface area contributed by atoms with Gasteiger partial charge in [-0.2, -0.15) is 0 Å². The highest BCUT2D eigenvalue weighted by Gasteiger charge is 2.05. The standard InChI is InChI=1S/C15H29N5OS/c1-12-14(22-13(2)19-12)11-18-15(16-3)17-7-6-8-20(4)9-10-21-5/h6-11H2,1-5H3,(H2,16,17,18). The topological polar surface area (TPSA) is 61.8 Å². The number of ether oxygens (including phenoxy) is 1. The largest absolute Gasteiger partial charge is 0.383 e. The van der Waals surface area contributed by atoms with Gasteiger partial charge in [0, 0.05) is 32.1 Å². The predicted molar refractivity (Wildman–Crippen MR) is 93.8 cm³/mol. The van der Waals surface area contributed by atoms with E-state index in [1.807, 2.05) is 13.8 Å². The number of guanidine groups is 1. The monoisotopic (exact) mass is 327 g/mol. The zero-order valence-corrected chi connectivity index (χ0v) is 15.2. The van der Waals surface area contributed by atoms with E-state index in [-0.39, 0.29) is 0 Å². The second-order valence-electron chi connectivity index (χ2n) is 5.24. The van der Waals surface area contributed by atoms with Crippen molar-refractivity contribution in [2.75, 3.05) is 47.4 Å². The van der Waals surface area contributed by atoms with E-state index in [0.717, 1.165) is 55.9 Å². The van der Waals surface area contributed by atoms with Gasteiger partial charge >= 0.3 is 0 Å². The number of aryl methyl sites for hydroxylation is 2. The number of nitrogens with one attached hydrogen (secondary N) is 2. The minimum Gasteiger partial charge on any atom is -0.383 e. The molecule has 7 heteroatoms. The van der Waals surface area contributed by atoms with Gasteiger partial charge in [-0.1, -0.05) is 0 Å². The van der Waals surface area contributed by atoms with Gasteiger partial charge in [-0.3, -0.25) is 4.99 Å². The first-order chi connectivity index (χ1) is 10.6. The van der Waals surface area contributed by atoms with E-state index < -0.39 is 0 Å². The Kier molecular flexibility index (Phi) is 9.03. The summed E-state index contributed by atoms with van der Waals surface area (Å²) in [6.07, 6.45) is 1.07. The van der Waals surface area contributed by atoms with Crippen molar-refractivity contribution in [2.24, 2.45) is 4.99 Å². The van der Waals surface area contributed by atoms with E-state index in [1.54, 1.807) is 25.5 Å². The summed E-state index contributed by atoms with van der Waals surface area (Å²) in [5, 5.41) is 7.79. The number of rotatable bonds is 9. The normalized spacial score (nSPS) is 12.0. The quantitative estimate of drug-likeness (QED) is 0.408. The van der Waals surface area contributed by atoms with E-state index in [1.165, 1.54) is 4.88 Å². The number of methoxy groups -OCH3 is 1. The molecule has 1 rings (SSSR count). The van der Waals surface area contributed by atoms with E-state index in [2.05, 4.69) is 32.6 Å². The summed E-state index contributed by atoms with van der Waals surface area (Å²) in [5.74, 6) is 0.838. The highest BCUT2D eigenvalue weighted by molar-refractivity contribution is 7.11. The Balaban J connectivity index is 2.21. The van der Waals surface area contributed by atoms with Crippen LogP contribution in [0.1, 0.15) is 22.0 Å². The van der Waals surface area contributed by atoms with Gasteiger partial charge in [0.25, 0.3) is 0 Å². The molecule has 0 aliphatic heterocycles. The number of thiazole rings is 1. The van der Waals surface area contributed by atoms with Crippen molar-refractivity contribution in [3.8, 4) is 0 Å². The smallest absolute Gasteiger partial charge is 0.191 e. The Labute approximate surface area is 138 Å². The molecule has 2 N–H and O–H groups in total. The van der Waals surface area contributed by atoms with Crippen LogP contribution >= 0.6 is 11.3 Å². The lowest BCUT2D eigenvalue weighted by molar-refractivity contribution is 0.161. The fourth-order valence-corrected chi connectivity index (χ4v) is 2.91.